The van der Waals surface area contributed by atoms with Crippen LogP contribution in [0.1, 0.15) is 16.7 Å². The maximum Gasteiger partial charge on any atom is 0.163 e. The minimum Gasteiger partial charge on any atom is -0.454 e. The van der Waals surface area contributed by atoms with Gasteiger partial charge < -0.3 is 4.74 Å². The number of nitrogens with zero attached hydrogens (tertiary/aromatic N) is 2. The van der Waals surface area contributed by atoms with Gasteiger partial charge in [-0.3, -0.25) is 4.98 Å². The van der Waals surface area contributed by atoms with Gasteiger partial charge in [0.05, 0.1) is 11.8 Å². The first-order chi connectivity index (χ1) is 8.61. The fraction of sp³-hybridized carbons (Fsp3) is 0.143. The molecule has 0 radical (unpaired) electrons. The SMILES string of the molecule is Cc1cc(Oc2cnccc2C#N)cc(C)c1Br. The van der Waals surface area contributed by atoms with Crippen molar-refractivity contribution in [2.45, 2.75) is 13.8 Å². The Morgan fingerprint density at radius 1 is 1.28 bits per heavy atom. The van der Waals surface area contributed by atoms with Crippen LogP contribution in [0.25, 0.3) is 0 Å². The van der Waals surface area contributed by atoms with Crippen LogP contribution in [0, 0.1) is 25.2 Å². The molecule has 1 aromatic heterocycles. The topological polar surface area (TPSA) is 45.9 Å². The molecule has 0 N–H and O–H groups in total. The third-order valence-corrected chi connectivity index (χ3v) is 3.79. The zero-order valence-corrected chi connectivity index (χ0v) is 11.7. The largest absolute Gasteiger partial charge is 0.454 e. The molecule has 1 heterocycles. The molecule has 0 saturated carbocycles. The van der Waals surface area contributed by atoms with E-state index >= 15 is 0 Å². The fourth-order valence-corrected chi connectivity index (χ4v) is 1.87. The number of hydrogen-bond acceptors (Lipinski definition) is 3. The van der Waals surface area contributed by atoms with Gasteiger partial charge in [0.1, 0.15) is 11.8 Å². The first kappa shape index (κ1) is 12.6. The Balaban J connectivity index is 2.38. The van der Waals surface area contributed by atoms with Crippen molar-refractivity contribution in [2.75, 3.05) is 0 Å². The molecular formula is C14H11BrN2O. The average Bonchev–Trinajstić information content (AvgIpc) is 2.36. The highest BCUT2D eigenvalue weighted by atomic mass is 79.9. The second-order valence-corrected chi connectivity index (χ2v) is 4.75. The van der Waals surface area contributed by atoms with Gasteiger partial charge in [-0.1, -0.05) is 15.9 Å². The molecule has 0 bridgehead atoms. The van der Waals surface area contributed by atoms with Gasteiger partial charge in [-0.05, 0) is 43.2 Å². The lowest BCUT2D eigenvalue weighted by atomic mass is 10.1. The molecule has 0 saturated heterocycles. The van der Waals surface area contributed by atoms with E-state index < -0.39 is 0 Å². The number of aryl methyl sites for hydroxylation is 2. The number of hydrogen-bond donors (Lipinski definition) is 0. The standard InChI is InChI=1S/C14H11BrN2O/c1-9-5-12(6-10(2)14(9)15)18-13-8-17-4-3-11(13)7-16/h3-6,8H,1-2H3. The Hall–Kier alpha value is -1.86. The van der Waals surface area contributed by atoms with Gasteiger partial charge in [0.15, 0.2) is 5.75 Å². The highest BCUT2D eigenvalue weighted by molar-refractivity contribution is 9.10. The van der Waals surface area contributed by atoms with Crippen molar-refractivity contribution in [1.29, 1.82) is 5.26 Å². The lowest BCUT2D eigenvalue weighted by Gasteiger charge is -2.10. The van der Waals surface area contributed by atoms with Crippen LogP contribution in [0.3, 0.4) is 0 Å². The van der Waals surface area contributed by atoms with E-state index in [9.17, 15) is 0 Å². The zero-order valence-electron chi connectivity index (χ0n) is 10.1. The van der Waals surface area contributed by atoms with Crippen molar-refractivity contribution in [1.82, 2.24) is 4.98 Å². The number of halogens is 1. The van der Waals surface area contributed by atoms with Crippen LogP contribution in [-0.2, 0) is 0 Å². The van der Waals surface area contributed by atoms with Crippen molar-refractivity contribution in [3.05, 3.63) is 51.8 Å². The second kappa shape index (κ2) is 5.19. The van der Waals surface area contributed by atoms with E-state index in [2.05, 4.69) is 27.0 Å². The maximum atomic E-state index is 8.98. The number of benzene rings is 1. The van der Waals surface area contributed by atoms with Gasteiger partial charge in [0.2, 0.25) is 0 Å². The van der Waals surface area contributed by atoms with Gasteiger partial charge in [-0.15, -0.1) is 0 Å². The fourth-order valence-electron chi connectivity index (χ4n) is 1.65. The van der Waals surface area contributed by atoms with Crippen LogP contribution in [0.4, 0.5) is 0 Å². The number of ether oxygens (including phenoxy) is 1. The molecule has 0 fully saturated rings. The molecule has 90 valence electrons. The van der Waals surface area contributed by atoms with Crippen molar-refractivity contribution >= 4 is 15.9 Å². The molecule has 18 heavy (non-hydrogen) atoms. The Labute approximate surface area is 114 Å². The number of pyridine rings is 1. The summed E-state index contributed by atoms with van der Waals surface area (Å²) in [6, 6.07) is 7.56. The van der Waals surface area contributed by atoms with Gasteiger partial charge in [0.25, 0.3) is 0 Å². The second-order valence-electron chi connectivity index (χ2n) is 3.96. The highest BCUT2D eigenvalue weighted by Gasteiger charge is 2.07. The first-order valence-electron chi connectivity index (χ1n) is 5.40. The average molecular weight is 303 g/mol. The lowest BCUT2D eigenvalue weighted by Crippen LogP contribution is -1.91. The summed E-state index contributed by atoms with van der Waals surface area (Å²) in [5.74, 6) is 1.18. The molecular weight excluding hydrogens is 292 g/mol. The van der Waals surface area contributed by atoms with Crippen molar-refractivity contribution < 1.29 is 4.74 Å². The molecule has 2 aromatic rings. The monoisotopic (exact) mass is 302 g/mol. The summed E-state index contributed by atoms with van der Waals surface area (Å²) in [6.45, 7) is 4.00. The molecule has 0 aliphatic heterocycles. The van der Waals surface area contributed by atoms with Crippen LogP contribution in [-0.4, -0.2) is 4.98 Å². The van der Waals surface area contributed by atoms with Crippen LogP contribution < -0.4 is 4.74 Å². The molecule has 0 atom stereocenters. The minimum absolute atomic E-state index is 0.473. The third kappa shape index (κ3) is 2.52. The maximum absolute atomic E-state index is 8.98. The van der Waals surface area contributed by atoms with Crippen LogP contribution in [0.5, 0.6) is 11.5 Å². The van der Waals surface area contributed by atoms with Gasteiger partial charge >= 0.3 is 0 Å². The number of aromatic nitrogens is 1. The van der Waals surface area contributed by atoms with Crippen molar-refractivity contribution in [2.24, 2.45) is 0 Å². The summed E-state index contributed by atoms with van der Waals surface area (Å²) in [5, 5.41) is 8.98. The molecule has 0 amide bonds. The third-order valence-electron chi connectivity index (χ3n) is 2.54. The zero-order chi connectivity index (χ0) is 13.1. The van der Waals surface area contributed by atoms with Gasteiger partial charge in [-0.25, -0.2) is 0 Å². The van der Waals surface area contributed by atoms with E-state index in [1.54, 1.807) is 18.5 Å². The summed E-state index contributed by atoms with van der Waals surface area (Å²) < 4.78 is 6.78. The van der Waals surface area contributed by atoms with Crippen LogP contribution in [0.15, 0.2) is 35.1 Å². The molecule has 1 aromatic carbocycles. The van der Waals surface area contributed by atoms with E-state index in [-0.39, 0.29) is 0 Å². The van der Waals surface area contributed by atoms with Crippen molar-refractivity contribution in [3.63, 3.8) is 0 Å². The first-order valence-corrected chi connectivity index (χ1v) is 6.20. The summed E-state index contributed by atoms with van der Waals surface area (Å²) in [5.41, 5.74) is 2.66. The molecule has 2 rings (SSSR count). The van der Waals surface area contributed by atoms with E-state index in [0.29, 0.717) is 17.1 Å². The van der Waals surface area contributed by atoms with E-state index in [1.807, 2.05) is 26.0 Å². The highest BCUT2D eigenvalue weighted by Crippen LogP contribution is 2.30. The summed E-state index contributed by atoms with van der Waals surface area (Å²) in [7, 11) is 0. The normalized spacial score (nSPS) is 9.89. The van der Waals surface area contributed by atoms with Gasteiger partial charge in [0, 0.05) is 10.7 Å². The Kier molecular flexibility index (Phi) is 3.63. The summed E-state index contributed by atoms with van der Waals surface area (Å²) >= 11 is 3.51. The lowest BCUT2D eigenvalue weighted by molar-refractivity contribution is 0.477. The predicted molar refractivity (Wildman–Crippen MR) is 72.6 cm³/mol. The smallest absolute Gasteiger partial charge is 0.163 e. The number of nitriles is 1. The van der Waals surface area contributed by atoms with Crippen molar-refractivity contribution in [3.8, 4) is 17.6 Å². The number of rotatable bonds is 2. The predicted octanol–water partition coefficient (Wildman–Crippen LogP) is 4.12. The quantitative estimate of drug-likeness (QED) is 0.838. The molecule has 0 aliphatic rings. The van der Waals surface area contributed by atoms with Crippen LogP contribution in [0.2, 0.25) is 0 Å². The van der Waals surface area contributed by atoms with Gasteiger partial charge in [-0.2, -0.15) is 5.26 Å². The minimum atomic E-state index is 0.473. The van der Waals surface area contributed by atoms with E-state index in [1.165, 1.54) is 0 Å². The molecule has 0 spiro atoms. The van der Waals surface area contributed by atoms with E-state index in [0.717, 1.165) is 15.6 Å². The Morgan fingerprint density at radius 3 is 2.56 bits per heavy atom. The Morgan fingerprint density at radius 2 is 1.94 bits per heavy atom. The molecule has 0 unspecified atom stereocenters. The summed E-state index contributed by atoms with van der Waals surface area (Å²) in [6.07, 6.45) is 3.12. The van der Waals surface area contributed by atoms with E-state index in [4.69, 9.17) is 10.00 Å². The summed E-state index contributed by atoms with van der Waals surface area (Å²) in [4.78, 5) is 3.97. The Bertz CT molecular complexity index is 609. The molecule has 4 heteroatoms. The molecule has 0 aliphatic carbocycles. The molecule has 3 nitrogen and oxygen atoms in total. The van der Waals surface area contributed by atoms with Crippen LogP contribution >= 0.6 is 15.9 Å².